The molecule has 0 fully saturated rings. The van der Waals surface area contributed by atoms with Gasteiger partial charge in [0.2, 0.25) is 0 Å². The first-order chi connectivity index (χ1) is 10.0. The van der Waals surface area contributed by atoms with Gasteiger partial charge in [-0.3, -0.25) is 0 Å². The molecule has 21 heavy (non-hydrogen) atoms. The minimum atomic E-state index is 0.226. The lowest BCUT2D eigenvalue weighted by molar-refractivity contribution is 0.609. The van der Waals surface area contributed by atoms with Gasteiger partial charge in [-0.25, -0.2) is 0 Å². The Bertz CT molecular complexity index is 629. The average molecular weight is 282 g/mol. The van der Waals surface area contributed by atoms with E-state index in [2.05, 4.69) is 49.9 Å². The molecule has 0 radical (unpaired) electrons. The molecular weight excluding hydrogens is 256 g/mol. The van der Waals surface area contributed by atoms with Gasteiger partial charge in [0, 0.05) is 25.0 Å². The Morgan fingerprint density at radius 3 is 2.52 bits per heavy atom. The fourth-order valence-electron chi connectivity index (χ4n) is 3.68. The number of aryl methyl sites for hydroxylation is 4. The van der Waals surface area contributed by atoms with E-state index in [9.17, 15) is 0 Å². The number of aromatic nitrogens is 1. The summed E-state index contributed by atoms with van der Waals surface area (Å²) in [4.78, 5) is 0. The molecule has 112 valence electrons. The molecule has 1 aliphatic rings. The quantitative estimate of drug-likeness (QED) is 0.823. The molecule has 0 amide bonds. The van der Waals surface area contributed by atoms with Crippen LogP contribution in [-0.2, 0) is 13.0 Å². The molecule has 1 aromatic heterocycles. The topological polar surface area (TPSA) is 30.9 Å². The summed E-state index contributed by atoms with van der Waals surface area (Å²) in [6.45, 7) is 7.56. The first-order valence-electron chi connectivity index (χ1n) is 8.05. The van der Waals surface area contributed by atoms with Crippen molar-refractivity contribution in [2.24, 2.45) is 5.73 Å². The number of nitrogens with zero attached hydrogens (tertiary/aromatic N) is 1. The third-order valence-electron chi connectivity index (χ3n) is 4.79. The predicted molar refractivity (Wildman–Crippen MR) is 88.7 cm³/mol. The third kappa shape index (κ3) is 2.91. The van der Waals surface area contributed by atoms with Gasteiger partial charge in [0.25, 0.3) is 0 Å². The number of rotatable bonds is 2. The Labute approximate surface area is 128 Å². The van der Waals surface area contributed by atoms with Crippen LogP contribution in [0.1, 0.15) is 58.7 Å². The molecule has 3 rings (SSSR count). The van der Waals surface area contributed by atoms with Crippen LogP contribution in [0.4, 0.5) is 0 Å². The number of fused-ring (bicyclic) bond motifs is 1. The van der Waals surface area contributed by atoms with Crippen LogP contribution in [-0.4, -0.2) is 4.57 Å². The summed E-state index contributed by atoms with van der Waals surface area (Å²) in [6, 6.07) is 4.79. The first-order valence-corrected chi connectivity index (χ1v) is 8.05. The second-order valence-electron chi connectivity index (χ2n) is 6.64. The monoisotopic (exact) mass is 282 g/mol. The SMILES string of the molecule is Cc1cc(C)c(Cn2cc3c(c2)C(N)CCCC3)c(C)c1. The molecule has 1 unspecified atom stereocenters. The van der Waals surface area contributed by atoms with Crippen LogP contribution >= 0.6 is 0 Å². The molecule has 0 saturated heterocycles. The van der Waals surface area contributed by atoms with Gasteiger partial charge < -0.3 is 10.3 Å². The Morgan fingerprint density at radius 1 is 1.10 bits per heavy atom. The van der Waals surface area contributed by atoms with Crippen molar-refractivity contribution in [3.63, 3.8) is 0 Å². The summed E-state index contributed by atoms with van der Waals surface area (Å²) in [6.07, 6.45) is 9.43. The molecule has 1 heterocycles. The maximum Gasteiger partial charge on any atom is 0.0475 e. The standard InChI is InChI=1S/C19H26N2/c1-13-8-14(2)17(15(3)9-13)11-21-10-16-6-4-5-7-19(20)18(16)12-21/h8-10,12,19H,4-7,11,20H2,1-3H3. The number of benzene rings is 1. The van der Waals surface area contributed by atoms with Crippen molar-refractivity contribution in [2.75, 3.05) is 0 Å². The number of nitrogens with two attached hydrogens (primary N) is 1. The van der Waals surface area contributed by atoms with Crippen molar-refractivity contribution >= 4 is 0 Å². The molecular formula is C19H26N2. The number of hydrogen-bond acceptors (Lipinski definition) is 1. The predicted octanol–water partition coefficient (Wildman–Crippen LogP) is 4.19. The molecule has 2 heteroatoms. The normalized spacial score (nSPS) is 18.4. The van der Waals surface area contributed by atoms with E-state index in [0.29, 0.717) is 0 Å². The summed E-state index contributed by atoms with van der Waals surface area (Å²) < 4.78 is 2.33. The van der Waals surface area contributed by atoms with Crippen LogP contribution in [0.2, 0.25) is 0 Å². The van der Waals surface area contributed by atoms with E-state index < -0.39 is 0 Å². The van der Waals surface area contributed by atoms with Gasteiger partial charge in [0.1, 0.15) is 0 Å². The molecule has 2 nitrogen and oxygen atoms in total. The Balaban J connectivity index is 1.91. The molecule has 0 saturated carbocycles. The maximum absolute atomic E-state index is 6.32. The van der Waals surface area contributed by atoms with Gasteiger partial charge in [0.15, 0.2) is 0 Å². The summed E-state index contributed by atoms with van der Waals surface area (Å²) >= 11 is 0. The van der Waals surface area contributed by atoms with Crippen LogP contribution in [0, 0.1) is 20.8 Å². The van der Waals surface area contributed by atoms with Crippen molar-refractivity contribution in [3.8, 4) is 0 Å². The molecule has 0 aliphatic heterocycles. The van der Waals surface area contributed by atoms with Crippen LogP contribution in [0.15, 0.2) is 24.5 Å². The molecule has 2 aromatic rings. The number of hydrogen-bond donors (Lipinski definition) is 1. The van der Waals surface area contributed by atoms with E-state index in [0.717, 1.165) is 13.0 Å². The first kappa shape index (κ1) is 14.4. The molecule has 1 aromatic carbocycles. The highest BCUT2D eigenvalue weighted by Crippen LogP contribution is 2.28. The zero-order chi connectivity index (χ0) is 15.0. The molecule has 1 aliphatic carbocycles. The molecule has 2 N–H and O–H groups in total. The van der Waals surface area contributed by atoms with E-state index >= 15 is 0 Å². The van der Waals surface area contributed by atoms with E-state index in [1.165, 1.54) is 52.6 Å². The molecule has 0 spiro atoms. The lowest BCUT2D eigenvalue weighted by Gasteiger charge is -2.12. The highest BCUT2D eigenvalue weighted by molar-refractivity contribution is 5.38. The van der Waals surface area contributed by atoms with Crippen molar-refractivity contribution in [2.45, 2.75) is 59.0 Å². The second kappa shape index (κ2) is 5.69. The van der Waals surface area contributed by atoms with Gasteiger partial charge in [-0.2, -0.15) is 0 Å². The highest BCUT2D eigenvalue weighted by atomic mass is 14.9. The van der Waals surface area contributed by atoms with Crippen LogP contribution in [0.25, 0.3) is 0 Å². The van der Waals surface area contributed by atoms with Gasteiger partial charge in [-0.1, -0.05) is 24.1 Å². The largest absolute Gasteiger partial charge is 0.349 e. The second-order valence-corrected chi connectivity index (χ2v) is 6.64. The Morgan fingerprint density at radius 2 is 1.81 bits per heavy atom. The van der Waals surface area contributed by atoms with Gasteiger partial charge in [0.05, 0.1) is 0 Å². The zero-order valence-electron chi connectivity index (χ0n) is 13.4. The van der Waals surface area contributed by atoms with Gasteiger partial charge in [-0.05, 0) is 67.9 Å². The average Bonchev–Trinajstić information content (AvgIpc) is 2.74. The van der Waals surface area contributed by atoms with Crippen LogP contribution in [0.3, 0.4) is 0 Å². The minimum Gasteiger partial charge on any atom is -0.349 e. The fourth-order valence-corrected chi connectivity index (χ4v) is 3.68. The van der Waals surface area contributed by atoms with Crippen molar-refractivity contribution in [3.05, 3.63) is 57.9 Å². The Hall–Kier alpha value is -1.54. The van der Waals surface area contributed by atoms with Gasteiger partial charge >= 0.3 is 0 Å². The minimum absolute atomic E-state index is 0.226. The lowest BCUT2D eigenvalue weighted by atomic mass is 10.00. The molecule has 1 atom stereocenters. The summed E-state index contributed by atoms with van der Waals surface area (Å²) in [7, 11) is 0. The van der Waals surface area contributed by atoms with Crippen molar-refractivity contribution in [1.82, 2.24) is 4.57 Å². The van der Waals surface area contributed by atoms with Crippen LogP contribution < -0.4 is 5.73 Å². The third-order valence-corrected chi connectivity index (χ3v) is 4.79. The summed E-state index contributed by atoms with van der Waals surface area (Å²) in [5, 5.41) is 0. The van der Waals surface area contributed by atoms with E-state index in [1.807, 2.05) is 0 Å². The smallest absolute Gasteiger partial charge is 0.0475 e. The van der Waals surface area contributed by atoms with E-state index in [-0.39, 0.29) is 6.04 Å². The van der Waals surface area contributed by atoms with E-state index in [4.69, 9.17) is 5.73 Å². The van der Waals surface area contributed by atoms with E-state index in [1.54, 1.807) is 0 Å². The molecule has 0 bridgehead atoms. The summed E-state index contributed by atoms with van der Waals surface area (Å²) in [5.41, 5.74) is 14.7. The Kier molecular flexibility index (Phi) is 3.90. The summed E-state index contributed by atoms with van der Waals surface area (Å²) in [5.74, 6) is 0. The van der Waals surface area contributed by atoms with Crippen LogP contribution in [0.5, 0.6) is 0 Å². The van der Waals surface area contributed by atoms with Gasteiger partial charge in [-0.15, -0.1) is 0 Å². The lowest BCUT2D eigenvalue weighted by Crippen LogP contribution is -2.09. The van der Waals surface area contributed by atoms with Crippen molar-refractivity contribution in [1.29, 1.82) is 0 Å². The zero-order valence-corrected chi connectivity index (χ0v) is 13.4. The fraction of sp³-hybridized carbons (Fsp3) is 0.474. The highest BCUT2D eigenvalue weighted by Gasteiger charge is 2.17. The maximum atomic E-state index is 6.32. The van der Waals surface area contributed by atoms with Crippen molar-refractivity contribution < 1.29 is 0 Å².